The fourth-order valence-corrected chi connectivity index (χ4v) is 6.20. The lowest BCUT2D eigenvalue weighted by molar-refractivity contribution is -0.137. The highest BCUT2D eigenvalue weighted by molar-refractivity contribution is 7.92. The molecule has 122 valence electrons. The van der Waals surface area contributed by atoms with Crippen molar-refractivity contribution in [3.05, 3.63) is 35.4 Å². The summed E-state index contributed by atoms with van der Waals surface area (Å²) >= 11 is 0. The number of sulfone groups is 1. The van der Waals surface area contributed by atoms with Crippen molar-refractivity contribution in [2.24, 2.45) is 0 Å². The van der Waals surface area contributed by atoms with Crippen LogP contribution in [0, 0.1) is 0 Å². The summed E-state index contributed by atoms with van der Waals surface area (Å²) in [6.07, 6.45) is -2.44. The molecule has 2 heterocycles. The van der Waals surface area contributed by atoms with Gasteiger partial charge in [0.25, 0.3) is 0 Å². The Balaban J connectivity index is 1.92. The van der Waals surface area contributed by atoms with Crippen LogP contribution in [0.5, 0.6) is 0 Å². The summed E-state index contributed by atoms with van der Waals surface area (Å²) in [4.78, 5) is 0. The van der Waals surface area contributed by atoms with Crippen molar-refractivity contribution in [2.45, 2.75) is 54.4 Å². The zero-order valence-electron chi connectivity index (χ0n) is 11.8. The molecule has 2 bridgehead atoms. The first-order valence-electron chi connectivity index (χ1n) is 7.26. The average molecular weight is 334 g/mol. The van der Waals surface area contributed by atoms with E-state index in [2.05, 4.69) is 0 Å². The number of hydrogen-bond acceptors (Lipinski definition) is 3. The van der Waals surface area contributed by atoms with Crippen LogP contribution in [0.4, 0.5) is 13.2 Å². The summed E-state index contributed by atoms with van der Waals surface area (Å²) in [6.45, 7) is 0. The van der Waals surface area contributed by atoms with Crippen LogP contribution >= 0.6 is 0 Å². The molecule has 2 aliphatic rings. The lowest BCUT2D eigenvalue weighted by atomic mass is 9.80. The molecule has 0 amide bonds. The number of fused-ring (bicyclic) bond motifs is 2. The minimum absolute atomic E-state index is 0.0667. The van der Waals surface area contributed by atoms with Gasteiger partial charge in [-0.05, 0) is 43.4 Å². The van der Waals surface area contributed by atoms with Gasteiger partial charge in [0.2, 0.25) is 0 Å². The van der Waals surface area contributed by atoms with Crippen LogP contribution in [0.15, 0.2) is 24.3 Å². The van der Waals surface area contributed by atoms with Crippen molar-refractivity contribution in [2.75, 3.05) is 0 Å². The summed E-state index contributed by atoms with van der Waals surface area (Å²) in [5, 5.41) is 9.65. The van der Waals surface area contributed by atoms with E-state index >= 15 is 0 Å². The van der Waals surface area contributed by atoms with E-state index < -0.39 is 37.7 Å². The zero-order valence-corrected chi connectivity index (χ0v) is 12.6. The van der Waals surface area contributed by atoms with Gasteiger partial charge in [0.1, 0.15) is 0 Å². The second kappa shape index (κ2) is 4.96. The van der Waals surface area contributed by atoms with Crippen LogP contribution in [-0.2, 0) is 21.6 Å². The molecule has 0 aliphatic carbocycles. The van der Waals surface area contributed by atoms with Crippen LogP contribution in [0.3, 0.4) is 0 Å². The van der Waals surface area contributed by atoms with Crippen LogP contribution in [-0.4, -0.2) is 24.0 Å². The molecule has 0 spiro atoms. The molecule has 0 saturated carbocycles. The Morgan fingerprint density at radius 1 is 1.05 bits per heavy atom. The normalized spacial score (nSPS) is 34.4. The smallest absolute Gasteiger partial charge is 0.385 e. The minimum atomic E-state index is -4.42. The Labute approximate surface area is 127 Å². The van der Waals surface area contributed by atoms with Crippen molar-refractivity contribution in [1.82, 2.24) is 0 Å². The van der Waals surface area contributed by atoms with Crippen molar-refractivity contribution in [3.8, 4) is 0 Å². The highest BCUT2D eigenvalue weighted by Crippen LogP contribution is 2.46. The van der Waals surface area contributed by atoms with Gasteiger partial charge in [0, 0.05) is 0 Å². The zero-order chi connectivity index (χ0) is 16.2. The monoisotopic (exact) mass is 334 g/mol. The van der Waals surface area contributed by atoms with Crippen molar-refractivity contribution in [1.29, 1.82) is 0 Å². The maximum atomic E-state index is 12.6. The highest BCUT2D eigenvalue weighted by Gasteiger charge is 2.51. The molecule has 22 heavy (non-hydrogen) atoms. The molecular weight excluding hydrogens is 317 g/mol. The Morgan fingerprint density at radius 3 is 2.00 bits per heavy atom. The van der Waals surface area contributed by atoms with Crippen LogP contribution in [0.1, 0.15) is 43.2 Å². The molecule has 2 aliphatic heterocycles. The first-order chi connectivity index (χ1) is 10.1. The average Bonchev–Trinajstić information content (AvgIpc) is 2.40. The number of aliphatic hydroxyl groups is 1. The number of halogens is 3. The van der Waals surface area contributed by atoms with Gasteiger partial charge in [-0.25, -0.2) is 8.42 Å². The second-order valence-corrected chi connectivity index (χ2v) is 8.79. The van der Waals surface area contributed by atoms with Crippen LogP contribution < -0.4 is 0 Å². The van der Waals surface area contributed by atoms with E-state index in [9.17, 15) is 26.7 Å². The SMILES string of the molecule is O=S1(=O)C2CCCC1CC(O)(c1ccc(C(F)(F)F)cc1)C2. The van der Waals surface area contributed by atoms with Gasteiger partial charge >= 0.3 is 6.18 Å². The number of benzene rings is 1. The standard InChI is InChI=1S/C15H17F3O3S/c16-15(17,18)11-6-4-10(5-7-11)14(19)8-12-2-1-3-13(9-14)22(12,20)21/h4-7,12-13,19H,1-3,8-9H2. The van der Waals surface area contributed by atoms with Gasteiger partial charge in [0.05, 0.1) is 21.7 Å². The third-order valence-corrected chi connectivity index (χ3v) is 7.52. The van der Waals surface area contributed by atoms with Crippen molar-refractivity contribution < 1.29 is 26.7 Å². The third kappa shape index (κ3) is 2.54. The molecule has 0 aromatic heterocycles. The van der Waals surface area contributed by atoms with Gasteiger partial charge < -0.3 is 5.11 Å². The third-order valence-electron chi connectivity index (χ3n) is 4.86. The number of hydrogen-bond donors (Lipinski definition) is 1. The van der Waals surface area contributed by atoms with E-state index in [-0.39, 0.29) is 12.8 Å². The molecular formula is C15H17F3O3S. The van der Waals surface area contributed by atoms with E-state index in [0.29, 0.717) is 18.4 Å². The van der Waals surface area contributed by atoms with Crippen molar-refractivity contribution in [3.63, 3.8) is 0 Å². The summed E-state index contributed by atoms with van der Waals surface area (Å²) in [5.41, 5.74) is -1.76. The predicted octanol–water partition coefficient (Wildman–Crippen LogP) is 3.02. The maximum absolute atomic E-state index is 12.6. The van der Waals surface area contributed by atoms with Gasteiger partial charge in [0.15, 0.2) is 9.84 Å². The number of alkyl halides is 3. The topological polar surface area (TPSA) is 54.4 Å². The summed E-state index contributed by atoms with van der Waals surface area (Å²) < 4.78 is 62.3. The Morgan fingerprint density at radius 2 is 1.55 bits per heavy atom. The Bertz CT molecular complexity index is 644. The van der Waals surface area contributed by atoms with E-state index in [0.717, 1.165) is 18.6 Å². The van der Waals surface area contributed by atoms with Gasteiger partial charge in [-0.3, -0.25) is 0 Å². The minimum Gasteiger partial charge on any atom is -0.385 e. The number of rotatable bonds is 1. The fraction of sp³-hybridized carbons (Fsp3) is 0.600. The Kier molecular flexibility index (Phi) is 3.56. The van der Waals surface area contributed by atoms with E-state index in [1.165, 1.54) is 12.1 Å². The van der Waals surface area contributed by atoms with Crippen LogP contribution in [0.25, 0.3) is 0 Å². The molecule has 2 atom stereocenters. The maximum Gasteiger partial charge on any atom is 0.416 e. The van der Waals surface area contributed by atoms with E-state index in [1.54, 1.807) is 0 Å². The second-order valence-electron chi connectivity index (χ2n) is 6.28. The molecule has 3 rings (SSSR count). The molecule has 1 aromatic carbocycles. The molecule has 0 radical (unpaired) electrons. The molecule has 7 heteroatoms. The molecule has 2 saturated heterocycles. The van der Waals surface area contributed by atoms with Gasteiger partial charge in [-0.1, -0.05) is 18.6 Å². The lowest BCUT2D eigenvalue weighted by Gasteiger charge is -2.44. The van der Waals surface area contributed by atoms with Gasteiger partial charge in [-0.15, -0.1) is 0 Å². The quantitative estimate of drug-likeness (QED) is 0.859. The van der Waals surface area contributed by atoms with Gasteiger partial charge in [-0.2, -0.15) is 13.2 Å². The highest BCUT2D eigenvalue weighted by atomic mass is 32.2. The predicted molar refractivity (Wildman–Crippen MR) is 74.9 cm³/mol. The fourth-order valence-electron chi connectivity index (χ4n) is 3.65. The largest absolute Gasteiger partial charge is 0.416 e. The van der Waals surface area contributed by atoms with Crippen molar-refractivity contribution >= 4 is 9.84 Å². The summed E-state index contributed by atoms with van der Waals surface area (Å²) in [5.74, 6) is 0. The molecule has 3 nitrogen and oxygen atoms in total. The van der Waals surface area contributed by atoms with E-state index in [1.807, 2.05) is 0 Å². The summed E-state index contributed by atoms with van der Waals surface area (Å²) in [6, 6.07) is 4.39. The molecule has 1 N–H and O–H groups in total. The lowest BCUT2D eigenvalue weighted by Crippen LogP contribution is -2.50. The molecule has 2 unspecified atom stereocenters. The first kappa shape index (κ1) is 15.8. The Hall–Kier alpha value is -1.08. The van der Waals surface area contributed by atoms with Crippen LogP contribution in [0.2, 0.25) is 0 Å². The molecule has 1 aromatic rings. The van der Waals surface area contributed by atoms with E-state index in [4.69, 9.17) is 0 Å². The molecule has 2 fully saturated rings. The summed E-state index contributed by atoms with van der Waals surface area (Å²) in [7, 11) is -3.22. The first-order valence-corrected chi connectivity index (χ1v) is 8.87.